The molecule has 68 valence electrons. The van der Waals surface area contributed by atoms with Crippen molar-refractivity contribution >= 4 is 0 Å². The molecule has 1 rings (SSSR count). The minimum Gasteiger partial charge on any atom is -0.381 e. The van der Waals surface area contributed by atoms with Crippen LogP contribution in [0, 0.1) is 11.8 Å². The van der Waals surface area contributed by atoms with Crippen LogP contribution in [-0.4, -0.2) is 16.2 Å². The lowest BCUT2D eigenvalue weighted by Crippen LogP contribution is -1.98. The van der Waals surface area contributed by atoms with Crippen molar-refractivity contribution < 1.29 is 5.11 Å². The minimum atomic E-state index is -0.622. The molecule has 1 heterocycles. The summed E-state index contributed by atoms with van der Waals surface area (Å²) in [5.41, 5.74) is 7.08. The Kier molecular flexibility index (Phi) is 3.44. The topological polar surface area (TPSA) is 59.1 Å². The van der Waals surface area contributed by atoms with Gasteiger partial charge in [-0.15, -0.1) is 0 Å². The molecule has 0 aromatic carbocycles. The third kappa shape index (κ3) is 3.24. The van der Waals surface area contributed by atoms with Crippen LogP contribution in [-0.2, 0) is 6.54 Å². The van der Waals surface area contributed by atoms with E-state index in [0.717, 1.165) is 5.56 Å². The van der Waals surface area contributed by atoms with Gasteiger partial charge in [0.05, 0.1) is 0 Å². The van der Waals surface area contributed by atoms with Crippen LogP contribution in [0.15, 0.2) is 18.3 Å². The molecule has 0 aliphatic heterocycles. The van der Waals surface area contributed by atoms with Gasteiger partial charge >= 0.3 is 0 Å². The molecule has 0 aliphatic carbocycles. The Morgan fingerprint density at radius 1 is 1.69 bits per heavy atom. The number of rotatable bonds is 1. The molecule has 1 aromatic heterocycles. The van der Waals surface area contributed by atoms with E-state index < -0.39 is 6.10 Å². The summed E-state index contributed by atoms with van der Waals surface area (Å²) in [5, 5.41) is 8.91. The van der Waals surface area contributed by atoms with E-state index in [2.05, 4.69) is 16.8 Å². The normalized spacial score (nSPS) is 11.6. The molecule has 3 heteroatoms. The second-order valence-electron chi connectivity index (χ2n) is 2.70. The smallest absolute Gasteiger partial charge is 0.113 e. The number of hydrogen-bond acceptors (Lipinski definition) is 3. The van der Waals surface area contributed by atoms with E-state index in [4.69, 9.17) is 10.8 Å². The van der Waals surface area contributed by atoms with Crippen molar-refractivity contribution in [2.24, 2.45) is 5.73 Å². The number of nitrogens with two attached hydrogens (primary N) is 1. The number of aliphatic hydroxyl groups excluding tert-OH is 1. The maximum absolute atomic E-state index is 8.91. The van der Waals surface area contributed by atoms with Crippen molar-refractivity contribution in [2.45, 2.75) is 19.6 Å². The summed E-state index contributed by atoms with van der Waals surface area (Å²) in [4.78, 5) is 4.02. The Bertz CT molecular complexity index is 336. The fourth-order valence-electron chi connectivity index (χ4n) is 0.848. The summed E-state index contributed by atoms with van der Waals surface area (Å²) in [6.45, 7) is 2.09. The predicted octanol–water partition coefficient (Wildman–Crippen LogP) is 0.273. The average Bonchev–Trinajstić information content (AvgIpc) is 2.15. The van der Waals surface area contributed by atoms with Gasteiger partial charge in [-0.05, 0) is 30.5 Å². The van der Waals surface area contributed by atoms with Crippen LogP contribution in [0.4, 0.5) is 0 Å². The Morgan fingerprint density at radius 2 is 2.46 bits per heavy atom. The summed E-state index contributed by atoms with van der Waals surface area (Å²) in [6.07, 6.45) is 1.04. The molecular weight excluding hydrogens is 164 g/mol. The Morgan fingerprint density at radius 3 is 3.08 bits per heavy atom. The molecule has 0 fully saturated rings. The van der Waals surface area contributed by atoms with Gasteiger partial charge in [-0.25, -0.2) is 4.98 Å². The number of pyridine rings is 1. The number of nitrogens with zero attached hydrogens (tertiary/aromatic N) is 1. The third-order valence-corrected chi connectivity index (χ3v) is 1.47. The van der Waals surface area contributed by atoms with Crippen molar-refractivity contribution in [3.8, 4) is 11.8 Å². The molecule has 0 aliphatic rings. The van der Waals surface area contributed by atoms with E-state index in [9.17, 15) is 0 Å². The minimum absolute atomic E-state index is 0.478. The highest BCUT2D eigenvalue weighted by Gasteiger charge is 1.92. The van der Waals surface area contributed by atoms with Crippen molar-refractivity contribution in [1.82, 2.24) is 4.98 Å². The largest absolute Gasteiger partial charge is 0.381 e. The quantitative estimate of drug-likeness (QED) is 0.604. The van der Waals surface area contributed by atoms with Crippen LogP contribution in [0.1, 0.15) is 18.2 Å². The van der Waals surface area contributed by atoms with Gasteiger partial charge in [0.15, 0.2) is 0 Å². The molecular formula is C10H12N2O. The monoisotopic (exact) mass is 176 g/mol. The van der Waals surface area contributed by atoms with E-state index in [0.29, 0.717) is 12.2 Å². The number of hydrogen-bond donors (Lipinski definition) is 2. The molecule has 3 N–H and O–H groups in total. The fourth-order valence-corrected chi connectivity index (χ4v) is 0.848. The zero-order chi connectivity index (χ0) is 9.68. The second-order valence-corrected chi connectivity index (χ2v) is 2.70. The summed E-state index contributed by atoms with van der Waals surface area (Å²) in [5.74, 6) is 5.37. The molecule has 0 amide bonds. The van der Waals surface area contributed by atoms with Crippen molar-refractivity contribution in [3.05, 3.63) is 29.6 Å². The molecule has 0 saturated carbocycles. The standard InChI is InChI=1S/C10H12N2O/c1-8(13)2-3-10-6-9(7-11)4-5-12-10/h4-6,8,13H,7,11H2,1H3/t8-/m0/s1. The highest BCUT2D eigenvalue weighted by Crippen LogP contribution is 1.98. The lowest BCUT2D eigenvalue weighted by molar-refractivity contribution is 0.253. The summed E-state index contributed by atoms with van der Waals surface area (Å²) in [7, 11) is 0. The van der Waals surface area contributed by atoms with Gasteiger partial charge in [-0.3, -0.25) is 0 Å². The van der Waals surface area contributed by atoms with E-state index in [1.54, 1.807) is 13.1 Å². The van der Waals surface area contributed by atoms with Crippen LogP contribution in [0.5, 0.6) is 0 Å². The molecule has 0 spiro atoms. The van der Waals surface area contributed by atoms with E-state index in [1.165, 1.54) is 0 Å². The summed E-state index contributed by atoms with van der Waals surface area (Å²) in [6, 6.07) is 3.66. The number of aliphatic hydroxyl groups is 1. The zero-order valence-electron chi connectivity index (χ0n) is 7.49. The molecule has 1 aromatic rings. The SMILES string of the molecule is C[C@H](O)C#Cc1cc(CN)ccn1. The van der Waals surface area contributed by atoms with Gasteiger partial charge in [0.1, 0.15) is 11.8 Å². The second kappa shape index (κ2) is 4.61. The van der Waals surface area contributed by atoms with E-state index in [-0.39, 0.29) is 0 Å². The maximum atomic E-state index is 8.91. The van der Waals surface area contributed by atoms with Crippen molar-refractivity contribution in [3.63, 3.8) is 0 Å². The Labute approximate surface area is 77.6 Å². The predicted molar refractivity (Wildman–Crippen MR) is 50.7 cm³/mol. The van der Waals surface area contributed by atoms with Crippen LogP contribution in [0.3, 0.4) is 0 Å². The summed E-state index contributed by atoms with van der Waals surface area (Å²) < 4.78 is 0. The fraction of sp³-hybridized carbons (Fsp3) is 0.300. The molecule has 13 heavy (non-hydrogen) atoms. The molecule has 0 unspecified atom stereocenters. The van der Waals surface area contributed by atoms with Gasteiger partial charge in [-0.1, -0.05) is 5.92 Å². The zero-order valence-corrected chi connectivity index (χ0v) is 7.49. The van der Waals surface area contributed by atoms with Gasteiger partial charge in [0.2, 0.25) is 0 Å². The first kappa shape index (κ1) is 9.72. The molecule has 1 atom stereocenters. The highest BCUT2D eigenvalue weighted by molar-refractivity contribution is 5.31. The van der Waals surface area contributed by atoms with E-state index >= 15 is 0 Å². The Hall–Kier alpha value is -1.37. The third-order valence-electron chi connectivity index (χ3n) is 1.47. The maximum Gasteiger partial charge on any atom is 0.113 e. The number of aromatic nitrogens is 1. The van der Waals surface area contributed by atoms with Crippen molar-refractivity contribution in [1.29, 1.82) is 0 Å². The average molecular weight is 176 g/mol. The lowest BCUT2D eigenvalue weighted by atomic mass is 10.2. The van der Waals surface area contributed by atoms with Crippen LogP contribution in [0.25, 0.3) is 0 Å². The molecule has 0 bridgehead atoms. The van der Waals surface area contributed by atoms with Gasteiger partial charge in [0.25, 0.3) is 0 Å². The van der Waals surface area contributed by atoms with Gasteiger partial charge < -0.3 is 10.8 Å². The molecule has 0 saturated heterocycles. The van der Waals surface area contributed by atoms with Crippen LogP contribution in [0.2, 0.25) is 0 Å². The lowest BCUT2D eigenvalue weighted by Gasteiger charge is -1.95. The first-order valence-corrected chi connectivity index (χ1v) is 4.07. The van der Waals surface area contributed by atoms with Gasteiger partial charge in [0, 0.05) is 12.7 Å². The molecule has 3 nitrogen and oxygen atoms in total. The first-order chi connectivity index (χ1) is 6.22. The van der Waals surface area contributed by atoms with Gasteiger partial charge in [-0.2, -0.15) is 0 Å². The van der Waals surface area contributed by atoms with E-state index in [1.807, 2.05) is 12.1 Å². The van der Waals surface area contributed by atoms with Crippen LogP contribution < -0.4 is 5.73 Å². The van der Waals surface area contributed by atoms with Crippen molar-refractivity contribution in [2.75, 3.05) is 0 Å². The molecule has 0 radical (unpaired) electrons. The summed E-state index contributed by atoms with van der Waals surface area (Å²) >= 11 is 0. The van der Waals surface area contributed by atoms with Crippen LogP contribution >= 0.6 is 0 Å². The Balaban J connectivity index is 2.85. The highest BCUT2D eigenvalue weighted by atomic mass is 16.3. The first-order valence-electron chi connectivity index (χ1n) is 4.07.